The second kappa shape index (κ2) is 6.21. The molecule has 2 nitrogen and oxygen atoms in total. The van der Waals surface area contributed by atoms with E-state index in [-0.39, 0.29) is 19.3 Å². The van der Waals surface area contributed by atoms with Crippen LogP contribution in [0.1, 0.15) is 53.9 Å². The number of hydrogen-bond acceptors (Lipinski definition) is 2. The fourth-order valence-electron chi connectivity index (χ4n) is 2.87. The predicted octanol–water partition coefficient (Wildman–Crippen LogP) is 6.06. The highest BCUT2D eigenvalue weighted by Crippen LogP contribution is 2.66. The molecule has 0 aromatic heterocycles. The quantitative estimate of drug-likeness (QED) is 0.535. The first-order chi connectivity index (χ1) is 11.0. The minimum absolute atomic E-state index is 0.263. The van der Waals surface area contributed by atoms with Gasteiger partial charge in [-0.3, -0.25) is 9.47 Å². The molecule has 0 bridgehead atoms. The molecule has 10 heteroatoms. The third kappa shape index (κ3) is 2.83. The van der Waals surface area contributed by atoms with Gasteiger partial charge in [0.05, 0.1) is 0 Å². The van der Waals surface area contributed by atoms with Gasteiger partial charge in [-0.25, -0.2) is 8.78 Å². The van der Waals surface area contributed by atoms with Crippen molar-refractivity contribution in [3.05, 3.63) is 0 Å². The van der Waals surface area contributed by atoms with Crippen LogP contribution in [-0.4, -0.2) is 29.8 Å². The maximum absolute atomic E-state index is 15.7. The molecule has 1 aliphatic rings. The zero-order valence-electron chi connectivity index (χ0n) is 14.5. The number of halogens is 8. The molecule has 0 saturated carbocycles. The van der Waals surface area contributed by atoms with Crippen molar-refractivity contribution < 1.29 is 44.6 Å². The van der Waals surface area contributed by atoms with Crippen LogP contribution in [0.4, 0.5) is 35.1 Å². The van der Waals surface area contributed by atoms with Crippen LogP contribution in [-0.2, 0) is 9.47 Å². The summed E-state index contributed by atoms with van der Waals surface area (Å²) >= 11 is 0. The van der Waals surface area contributed by atoms with Crippen molar-refractivity contribution in [2.45, 2.75) is 83.7 Å². The van der Waals surface area contributed by atoms with Crippen molar-refractivity contribution in [1.82, 2.24) is 0 Å². The van der Waals surface area contributed by atoms with E-state index < -0.39 is 41.2 Å². The maximum atomic E-state index is 15.7. The summed E-state index contributed by atoms with van der Waals surface area (Å²) in [5.74, 6) is -14.9. The van der Waals surface area contributed by atoms with E-state index in [1.54, 1.807) is 0 Å². The van der Waals surface area contributed by atoms with Crippen LogP contribution in [0.3, 0.4) is 0 Å². The molecule has 1 fully saturated rings. The van der Waals surface area contributed by atoms with Gasteiger partial charge in [0.1, 0.15) is 0 Å². The highest BCUT2D eigenvalue weighted by molar-refractivity contribution is 5.10. The molecule has 1 saturated heterocycles. The molecule has 0 aromatic carbocycles. The van der Waals surface area contributed by atoms with Crippen molar-refractivity contribution >= 4 is 0 Å². The van der Waals surface area contributed by atoms with Crippen molar-refractivity contribution in [2.75, 3.05) is 0 Å². The zero-order valence-corrected chi connectivity index (χ0v) is 14.5. The smallest absolute Gasteiger partial charge is 0.292 e. The van der Waals surface area contributed by atoms with E-state index in [4.69, 9.17) is 0 Å². The Labute approximate surface area is 140 Å². The lowest BCUT2D eigenvalue weighted by molar-refractivity contribution is -0.462. The SMILES string of the molecule is CCC(C)C1(F)OC(C(F)(F)F)(C(F)(F)F)OC1(F)C(C)(CC)CC. The van der Waals surface area contributed by atoms with E-state index in [0.29, 0.717) is 0 Å². The van der Waals surface area contributed by atoms with Crippen LogP contribution in [0, 0.1) is 11.3 Å². The fraction of sp³-hybridized carbons (Fsp3) is 1.00. The molecule has 0 amide bonds. The second-order valence-electron chi connectivity index (χ2n) is 6.63. The molecule has 0 radical (unpaired) electrons. The molecule has 1 rings (SSSR count). The van der Waals surface area contributed by atoms with E-state index in [1.165, 1.54) is 20.8 Å². The Morgan fingerprint density at radius 2 is 1.24 bits per heavy atom. The Morgan fingerprint density at radius 1 is 0.840 bits per heavy atom. The van der Waals surface area contributed by atoms with Crippen LogP contribution in [0.2, 0.25) is 0 Å². The Balaban J connectivity index is 3.77. The molecular weight excluding hydrogens is 364 g/mol. The van der Waals surface area contributed by atoms with Gasteiger partial charge >= 0.3 is 18.1 Å². The van der Waals surface area contributed by atoms with E-state index in [9.17, 15) is 26.3 Å². The lowest BCUT2D eigenvalue weighted by Gasteiger charge is -2.45. The standard InChI is InChI=1S/C15H22F8O2/c1-6-9(4)11(16)12(17,10(5,7-2)8-3)25-13(24-11,14(18,19)20)15(21,22)23/h9H,6-8H2,1-5H3. The monoisotopic (exact) mass is 386 g/mol. The van der Waals surface area contributed by atoms with Gasteiger partial charge in [0, 0.05) is 11.3 Å². The van der Waals surface area contributed by atoms with Crippen LogP contribution >= 0.6 is 0 Å². The first-order valence-corrected chi connectivity index (χ1v) is 7.93. The van der Waals surface area contributed by atoms with Crippen molar-refractivity contribution in [2.24, 2.45) is 11.3 Å². The molecule has 0 N–H and O–H groups in total. The summed E-state index contributed by atoms with van der Waals surface area (Å²) in [5, 5.41) is 0. The topological polar surface area (TPSA) is 18.5 Å². The number of rotatable bonds is 5. The lowest BCUT2D eigenvalue weighted by Crippen LogP contribution is -2.60. The van der Waals surface area contributed by atoms with Gasteiger partial charge in [0.25, 0.3) is 11.7 Å². The number of ether oxygens (including phenoxy) is 2. The van der Waals surface area contributed by atoms with Crippen molar-refractivity contribution in [1.29, 1.82) is 0 Å². The second-order valence-corrected chi connectivity index (χ2v) is 6.63. The third-order valence-electron chi connectivity index (χ3n) is 5.34. The highest BCUT2D eigenvalue weighted by atomic mass is 19.4. The molecule has 3 unspecified atom stereocenters. The highest BCUT2D eigenvalue weighted by Gasteiger charge is 2.88. The third-order valence-corrected chi connectivity index (χ3v) is 5.34. The molecule has 1 heterocycles. The Bertz CT molecular complexity index is 471. The molecule has 0 spiro atoms. The van der Waals surface area contributed by atoms with Crippen molar-refractivity contribution in [3.8, 4) is 0 Å². The summed E-state index contributed by atoms with van der Waals surface area (Å²) in [6, 6.07) is 0. The van der Waals surface area contributed by atoms with Gasteiger partial charge in [-0.05, 0) is 19.3 Å². The minimum atomic E-state index is -6.23. The zero-order chi connectivity index (χ0) is 20.1. The molecule has 0 aliphatic carbocycles. The fourth-order valence-corrected chi connectivity index (χ4v) is 2.87. The normalized spacial score (nSPS) is 32.0. The first kappa shape index (κ1) is 22.4. The number of hydrogen-bond donors (Lipinski definition) is 0. The Hall–Kier alpha value is -0.640. The molecule has 150 valence electrons. The summed E-state index contributed by atoms with van der Waals surface area (Å²) in [5.41, 5.74) is -1.98. The average molecular weight is 386 g/mol. The van der Waals surface area contributed by atoms with Gasteiger partial charge < -0.3 is 0 Å². The van der Waals surface area contributed by atoms with E-state index in [1.807, 2.05) is 0 Å². The molecule has 0 aromatic rings. The van der Waals surface area contributed by atoms with Gasteiger partial charge in [0.2, 0.25) is 0 Å². The van der Waals surface area contributed by atoms with E-state index in [0.717, 1.165) is 13.8 Å². The average Bonchev–Trinajstić information content (AvgIpc) is 2.77. The van der Waals surface area contributed by atoms with Crippen molar-refractivity contribution in [3.63, 3.8) is 0 Å². The predicted molar refractivity (Wildman–Crippen MR) is 72.8 cm³/mol. The van der Waals surface area contributed by atoms with Gasteiger partial charge in [-0.2, -0.15) is 26.3 Å². The van der Waals surface area contributed by atoms with Crippen LogP contribution < -0.4 is 0 Å². The largest absolute Gasteiger partial charge is 0.453 e. The van der Waals surface area contributed by atoms with Gasteiger partial charge in [0.15, 0.2) is 0 Å². The van der Waals surface area contributed by atoms with Crippen LogP contribution in [0.25, 0.3) is 0 Å². The number of alkyl halides is 8. The summed E-state index contributed by atoms with van der Waals surface area (Å²) < 4.78 is 118. The van der Waals surface area contributed by atoms with E-state index in [2.05, 4.69) is 9.47 Å². The molecule has 3 atom stereocenters. The summed E-state index contributed by atoms with van der Waals surface area (Å²) in [6.07, 6.45) is -13.3. The van der Waals surface area contributed by atoms with Gasteiger partial charge in [-0.1, -0.05) is 34.6 Å². The minimum Gasteiger partial charge on any atom is -0.292 e. The summed E-state index contributed by atoms with van der Waals surface area (Å²) in [6.45, 7) is 5.97. The Morgan fingerprint density at radius 3 is 1.52 bits per heavy atom. The van der Waals surface area contributed by atoms with Gasteiger partial charge in [-0.15, -0.1) is 0 Å². The van der Waals surface area contributed by atoms with E-state index >= 15 is 8.78 Å². The molecule has 25 heavy (non-hydrogen) atoms. The summed E-state index contributed by atoms with van der Waals surface area (Å²) in [7, 11) is 0. The molecule has 1 aliphatic heterocycles. The summed E-state index contributed by atoms with van der Waals surface area (Å²) in [4.78, 5) is 0. The first-order valence-electron chi connectivity index (χ1n) is 7.93. The maximum Gasteiger partial charge on any atom is 0.453 e. The van der Waals surface area contributed by atoms with Crippen LogP contribution in [0.15, 0.2) is 0 Å². The molecular formula is C15H22F8O2. The lowest BCUT2D eigenvalue weighted by atomic mass is 9.71. The van der Waals surface area contributed by atoms with Crippen LogP contribution in [0.5, 0.6) is 0 Å². The Kier molecular flexibility index (Phi) is 5.57.